The number of hydrogen-bond acceptors (Lipinski definition) is 2. The number of para-hydroxylation sites is 2. The van der Waals surface area contributed by atoms with Crippen LogP contribution < -0.4 is 31.0 Å². The quantitative estimate of drug-likeness (QED) is 0.195. The lowest BCUT2D eigenvalue weighted by Gasteiger charge is -2.18. The van der Waals surface area contributed by atoms with Gasteiger partial charge in [0, 0.05) is 23.3 Å². The maximum atomic E-state index is 6.59. The van der Waals surface area contributed by atoms with Crippen LogP contribution in [0.2, 0.25) is 0 Å². The van der Waals surface area contributed by atoms with Crippen molar-refractivity contribution in [2.75, 3.05) is 13.2 Å². The molecule has 0 unspecified atom stereocenters. The van der Waals surface area contributed by atoms with E-state index in [1.165, 1.54) is 22.4 Å². The Morgan fingerprint density at radius 2 is 1.33 bits per heavy atom. The molecule has 0 atom stereocenters. The smallest absolute Gasteiger partial charge is 0.254 e. The summed E-state index contributed by atoms with van der Waals surface area (Å²) < 4.78 is 18.0. The molecular weight excluding hydrogens is 548 g/mol. The van der Waals surface area contributed by atoms with Crippen LogP contribution in [0.5, 0.6) is 11.5 Å². The Morgan fingerprint density at radius 1 is 0.744 bits per heavy atom. The summed E-state index contributed by atoms with van der Waals surface area (Å²) >= 11 is 0. The highest BCUT2D eigenvalue weighted by molar-refractivity contribution is 5.94. The Kier molecular flexibility index (Phi) is 11.3. The molecule has 0 saturated heterocycles. The minimum Gasteiger partial charge on any atom is -1.00 e. The van der Waals surface area contributed by atoms with Gasteiger partial charge in [-0.1, -0.05) is 77.9 Å². The molecule has 0 aliphatic heterocycles. The predicted molar refractivity (Wildman–Crippen MR) is 159 cm³/mol. The van der Waals surface area contributed by atoms with Crippen molar-refractivity contribution in [1.29, 1.82) is 0 Å². The van der Waals surface area contributed by atoms with Crippen LogP contribution in [-0.2, 0) is 13.1 Å². The zero-order valence-electron chi connectivity index (χ0n) is 25.0. The van der Waals surface area contributed by atoms with Crippen molar-refractivity contribution in [1.82, 2.24) is 4.57 Å². The van der Waals surface area contributed by atoms with Crippen LogP contribution in [0.15, 0.2) is 54.6 Å². The first-order valence-electron chi connectivity index (χ1n) is 14.5. The van der Waals surface area contributed by atoms with Gasteiger partial charge in [0.05, 0.1) is 19.8 Å². The average Bonchev–Trinajstić information content (AvgIpc) is 3.14. The van der Waals surface area contributed by atoms with Crippen LogP contribution in [0, 0.1) is 24.7 Å². The van der Waals surface area contributed by atoms with Crippen LogP contribution in [-0.4, -0.2) is 17.8 Å². The third-order valence-corrected chi connectivity index (χ3v) is 7.43. The lowest BCUT2D eigenvalue weighted by Crippen LogP contribution is -3.00. The van der Waals surface area contributed by atoms with Crippen LogP contribution in [0.1, 0.15) is 72.2 Å². The third-order valence-electron chi connectivity index (χ3n) is 7.43. The van der Waals surface area contributed by atoms with E-state index in [1.54, 1.807) is 0 Å². The Labute approximate surface area is 246 Å². The highest BCUT2D eigenvalue weighted by Gasteiger charge is 2.24. The summed E-state index contributed by atoms with van der Waals surface area (Å²) in [6.07, 6.45) is 3.22. The Hall–Kier alpha value is -2.53. The van der Waals surface area contributed by atoms with Crippen molar-refractivity contribution in [2.24, 2.45) is 17.8 Å². The van der Waals surface area contributed by atoms with Gasteiger partial charge >= 0.3 is 0 Å². The molecule has 1 heterocycles. The van der Waals surface area contributed by atoms with Gasteiger partial charge in [0.1, 0.15) is 18.0 Å². The van der Waals surface area contributed by atoms with Gasteiger partial charge in [-0.2, -0.15) is 0 Å². The summed E-state index contributed by atoms with van der Waals surface area (Å²) in [4.78, 5) is 0. The number of benzene rings is 3. The zero-order valence-corrected chi connectivity index (χ0v) is 26.6. The maximum absolute atomic E-state index is 6.59. The molecular formula is C34H47BrN2O2. The summed E-state index contributed by atoms with van der Waals surface area (Å²) in [6, 6.07) is 19.6. The second-order valence-corrected chi connectivity index (χ2v) is 11.9. The van der Waals surface area contributed by atoms with E-state index in [2.05, 4.69) is 112 Å². The second kappa shape index (κ2) is 14.2. The van der Waals surface area contributed by atoms with Crippen molar-refractivity contribution < 1.29 is 31.0 Å². The number of rotatable bonds is 13. The van der Waals surface area contributed by atoms with Crippen molar-refractivity contribution in [3.63, 3.8) is 0 Å². The molecule has 0 N–H and O–H groups in total. The van der Waals surface area contributed by atoms with Crippen LogP contribution in [0.4, 0.5) is 0 Å². The molecule has 39 heavy (non-hydrogen) atoms. The molecule has 1 aromatic heterocycles. The molecule has 212 valence electrons. The molecule has 0 bridgehead atoms. The lowest BCUT2D eigenvalue weighted by atomic mass is 10.0. The summed E-state index contributed by atoms with van der Waals surface area (Å²) in [6.45, 7) is 19.0. The van der Waals surface area contributed by atoms with Gasteiger partial charge in [-0.25, -0.2) is 9.13 Å². The fraction of sp³-hybridized carbons (Fsp3) is 0.500. The molecule has 4 aromatic rings. The number of ether oxygens (including phenoxy) is 2. The molecule has 0 aliphatic carbocycles. The summed E-state index contributed by atoms with van der Waals surface area (Å²) in [7, 11) is 0. The zero-order chi connectivity index (χ0) is 27.2. The first-order chi connectivity index (χ1) is 18.3. The summed E-state index contributed by atoms with van der Waals surface area (Å²) in [5, 5.41) is 2.26. The predicted octanol–water partition coefficient (Wildman–Crippen LogP) is 5.34. The van der Waals surface area contributed by atoms with Gasteiger partial charge < -0.3 is 26.5 Å². The van der Waals surface area contributed by atoms with E-state index in [9.17, 15) is 0 Å². The first-order valence-corrected chi connectivity index (χ1v) is 14.5. The van der Waals surface area contributed by atoms with E-state index in [4.69, 9.17) is 9.47 Å². The Balaban J connectivity index is 0.00000420. The van der Waals surface area contributed by atoms with Crippen molar-refractivity contribution in [2.45, 2.75) is 80.8 Å². The fourth-order valence-corrected chi connectivity index (χ4v) is 5.03. The minimum absolute atomic E-state index is 0. The third kappa shape index (κ3) is 7.57. The highest BCUT2D eigenvalue weighted by Crippen LogP contribution is 2.37. The molecule has 0 saturated carbocycles. The average molecular weight is 596 g/mol. The van der Waals surface area contributed by atoms with E-state index in [-0.39, 0.29) is 17.0 Å². The SMILES string of the molecule is Cc1n(CCC(C)C)c2ccccc2[n+]1Cc1cc(OCCC(C)C)c2ccccc2c1OCCC(C)C.[Br-]. The maximum Gasteiger partial charge on any atom is 0.254 e. The van der Waals surface area contributed by atoms with Gasteiger partial charge in [0.15, 0.2) is 11.0 Å². The van der Waals surface area contributed by atoms with Crippen molar-refractivity contribution >= 4 is 21.8 Å². The van der Waals surface area contributed by atoms with Gasteiger partial charge in [0.25, 0.3) is 5.82 Å². The van der Waals surface area contributed by atoms with Crippen LogP contribution in [0.25, 0.3) is 21.8 Å². The summed E-state index contributed by atoms with van der Waals surface area (Å²) in [5.41, 5.74) is 3.73. The standard InChI is InChI=1S/C34H47N2O2.BrH/c1-24(2)16-19-35-27(7)36(32-15-11-10-14-31(32)35)23-28-22-33(37-20-17-25(3)4)29-12-8-9-13-30(29)34(28)38-21-18-26(5)6;/h8-15,22,24-26H,16-21,23H2,1-7H3;1H/q+1;/p-1. The van der Waals surface area contributed by atoms with Gasteiger partial charge in [-0.3, -0.25) is 0 Å². The number of imidazole rings is 1. The molecule has 0 radical (unpaired) electrons. The van der Waals surface area contributed by atoms with Crippen LogP contribution >= 0.6 is 0 Å². The highest BCUT2D eigenvalue weighted by atomic mass is 79.9. The molecule has 0 amide bonds. The van der Waals surface area contributed by atoms with Crippen molar-refractivity contribution in [3.05, 3.63) is 66.0 Å². The molecule has 4 nitrogen and oxygen atoms in total. The Morgan fingerprint density at radius 3 is 2.00 bits per heavy atom. The molecule has 0 spiro atoms. The number of aromatic nitrogens is 2. The normalized spacial score (nSPS) is 11.6. The molecule has 0 fully saturated rings. The second-order valence-electron chi connectivity index (χ2n) is 11.9. The fourth-order valence-electron chi connectivity index (χ4n) is 5.03. The van der Waals surface area contributed by atoms with E-state index in [1.807, 2.05) is 0 Å². The van der Waals surface area contributed by atoms with Gasteiger partial charge in [-0.15, -0.1) is 0 Å². The molecule has 0 aliphatic rings. The van der Waals surface area contributed by atoms with Gasteiger partial charge in [0.2, 0.25) is 0 Å². The Bertz CT molecular complexity index is 1360. The van der Waals surface area contributed by atoms with Crippen molar-refractivity contribution in [3.8, 4) is 11.5 Å². The number of nitrogens with zero attached hydrogens (tertiary/aromatic N) is 2. The number of fused-ring (bicyclic) bond motifs is 2. The molecule has 3 aromatic carbocycles. The first kappa shape index (κ1) is 31.0. The monoisotopic (exact) mass is 594 g/mol. The summed E-state index contributed by atoms with van der Waals surface area (Å²) in [5.74, 6) is 5.08. The number of aryl methyl sites for hydroxylation is 1. The molecule has 5 heteroatoms. The van der Waals surface area contributed by atoms with E-state index in [0.29, 0.717) is 24.4 Å². The topological polar surface area (TPSA) is 27.3 Å². The van der Waals surface area contributed by atoms with E-state index >= 15 is 0 Å². The van der Waals surface area contributed by atoms with E-state index in [0.717, 1.165) is 61.2 Å². The van der Waals surface area contributed by atoms with Crippen LogP contribution in [0.3, 0.4) is 0 Å². The number of hydrogen-bond donors (Lipinski definition) is 0. The largest absolute Gasteiger partial charge is 1.00 e. The van der Waals surface area contributed by atoms with E-state index < -0.39 is 0 Å². The lowest BCUT2D eigenvalue weighted by molar-refractivity contribution is -0.669. The number of halogens is 1. The molecule has 4 rings (SSSR count). The van der Waals surface area contributed by atoms with Gasteiger partial charge in [-0.05, 0) is 55.2 Å². The minimum atomic E-state index is 0.